The first-order valence-electron chi connectivity index (χ1n) is 17.1. The van der Waals surface area contributed by atoms with E-state index in [9.17, 15) is 9.59 Å². The van der Waals surface area contributed by atoms with E-state index in [2.05, 4.69) is 89.5 Å². The summed E-state index contributed by atoms with van der Waals surface area (Å²) in [5, 5.41) is 11.8. The number of amides is 2. The van der Waals surface area contributed by atoms with Crippen LogP contribution in [0, 0.1) is 6.92 Å². The zero-order chi connectivity index (χ0) is 36.0. The molecule has 9 heteroatoms. The summed E-state index contributed by atoms with van der Waals surface area (Å²) in [4.78, 5) is 25.5. The van der Waals surface area contributed by atoms with Crippen molar-refractivity contribution in [2.45, 2.75) is 65.2 Å². The fraction of sp³-hybridized carbons (Fsp3) is 0.293. The summed E-state index contributed by atoms with van der Waals surface area (Å²) in [5.41, 5.74) is 3.05. The minimum atomic E-state index is -0.353. The van der Waals surface area contributed by atoms with Crippen LogP contribution in [-0.4, -0.2) is 34.7 Å². The Morgan fingerprint density at radius 3 is 1.78 bits per heavy atom. The molecule has 0 fully saturated rings. The highest BCUT2D eigenvalue weighted by molar-refractivity contribution is 6.35. The van der Waals surface area contributed by atoms with Crippen LogP contribution in [0.2, 0.25) is 15.1 Å². The summed E-state index contributed by atoms with van der Waals surface area (Å²) >= 11 is 18.8. The summed E-state index contributed by atoms with van der Waals surface area (Å²) in [6.45, 7) is 4.55. The van der Waals surface area contributed by atoms with Gasteiger partial charge in [-0.05, 0) is 82.2 Å². The van der Waals surface area contributed by atoms with Crippen LogP contribution in [-0.2, 0) is 4.79 Å². The van der Waals surface area contributed by atoms with Gasteiger partial charge in [0.25, 0.3) is 5.91 Å². The first-order valence-corrected chi connectivity index (χ1v) is 18.2. The van der Waals surface area contributed by atoms with Gasteiger partial charge < -0.3 is 10.6 Å². The Hall–Kier alpha value is -4.10. The molecule has 0 unspecified atom stereocenters. The van der Waals surface area contributed by atoms with Gasteiger partial charge in [-0.25, -0.2) is 4.68 Å². The van der Waals surface area contributed by atoms with Crippen LogP contribution >= 0.6 is 34.8 Å². The highest BCUT2D eigenvalue weighted by Gasteiger charge is 2.23. The molecule has 1 aromatic heterocycles. The quantitative estimate of drug-likeness (QED) is 0.0896. The van der Waals surface area contributed by atoms with Gasteiger partial charge in [0.15, 0.2) is 5.69 Å². The number of nitrogens with one attached hydrogen (secondary N) is 2. The zero-order valence-electron chi connectivity index (χ0n) is 28.9. The minimum absolute atomic E-state index is 0.0679. The topological polar surface area (TPSA) is 76.0 Å². The van der Waals surface area contributed by atoms with Gasteiger partial charge in [0.1, 0.15) is 0 Å². The van der Waals surface area contributed by atoms with Crippen LogP contribution < -0.4 is 10.6 Å². The van der Waals surface area contributed by atoms with Gasteiger partial charge in [-0.3, -0.25) is 9.59 Å². The molecular formula is C41H47Cl3N4O2. The van der Waals surface area contributed by atoms with Gasteiger partial charge in [-0.2, -0.15) is 5.10 Å². The van der Waals surface area contributed by atoms with E-state index in [1.54, 1.807) is 35.0 Å². The molecule has 0 bridgehead atoms. The van der Waals surface area contributed by atoms with Crippen molar-refractivity contribution < 1.29 is 9.59 Å². The number of hydrogen-bond donors (Lipinski definition) is 2. The number of hydrogen-bond acceptors (Lipinski definition) is 3. The Morgan fingerprint density at radius 1 is 0.700 bits per heavy atom. The predicted molar refractivity (Wildman–Crippen MR) is 212 cm³/mol. The average molecular weight is 734 g/mol. The molecule has 1 heterocycles. The van der Waals surface area contributed by atoms with Gasteiger partial charge >= 0.3 is 0 Å². The molecule has 0 aliphatic rings. The molecular weight excluding hydrogens is 687 g/mol. The van der Waals surface area contributed by atoms with Crippen molar-refractivity contribution in [1.82, 2.24) is 20.4 Å². The van der Waals surface area contributed by atoms with E-state index in [0.29, 0.717) is 51.4 Å². The highest BCUT2D eigenvalue weighted by atomic mass is 35.5. The Kier molecular flexibility index (Phi) is 18.8. The third kappa shape index (κ3) is 14.4. The zero-order valence-corrected chi connectivity index (χ0v) is 31.2. The second-order valence-corrected chi connectivity index (χ2v) is 12.7. The van der Waals surface area contributed by atoms with Crippen LogP contribution in [0.4, 0.5) is 0 Å². The van der Waals surface area contributed by atoms with Crippen molar-refractivity contribution in [3.05, 3.63) is 142 Å². The monoisotopic (exact) mass is 732 g/mol. The summed E-state index contributed by atoms with van der Waals surface area (Å²) in [7, 11) is 0. The van der Waals surface area contributed by atoms with Crippen molar-refractivity contribution in [3.63, 3.8) is 0 Å². The molecule has 0 aliphatic heterocycles. The highest BCUT2D eigenvalue weighted by Crippen LogP contribution is 2.33. The maximum atomic E-state index is 13.2. The van der Waals surface area contributed by atoms with Gasteiger partial charge in [0, 0.05) is 40.7 Å². The summed E-state index contributed by atoms with van der Waals surface area (Å²) in [6.07, 6.45) is 32.7. The third-order valence-electron chi connectivity index (χ3n) is 7.46. The normalized spacial score (nSPS) is 12.2. The van der Waals surface area contributed by atoms with Crippen molar-refractivity contribution in [1.29, 1.82) is 0 Å². The van der Waals surface area contributed by atoms with E-state index in [1.807, 2.05) is 25.1 Å². The molecule has 6 nitrogen and oxygen atoms in total. The van der Waals surface area contributed by atoms with E-state index >= 15 is 0 Å². The third-order valence-corrected chi connectivity index (χ3v) is 8.25. The van der Waals surface area contributed by atoms with Crippen LogP contribution in [0.25, 0.3) is 16.9 Å². The summed E-state index contributed by atoms with van der Waals surface area (Å²) < 4.78 is 1.64. The Labute approximate surface area is 312 Å². The largest absolute Gasteiger partial charge is 0.354 e. The van der Waals surface area contributed by atoms with Gasteiger partial charge in [-0.15, -0.1) is 0 Å². The Morgan fingerprint density at radius 2 is 1.22 bits per heavy atom. The van der Waals surface area contributed by atoms with Gasteiger partial charge in [0.2, 0.25) is 5.91 Å². The van der Waals surface area contributed by atoms with Crippen molar-refractivity contribution in [2.24, 2.45) is 0 Å². The average Bonchev–Trinajstić information content (AvgIpc) is 3.44. The van der Waals surface area contributed by atoms with E-state index in [4.69, 9.17) is 34.8 Å². The van der Waals surface area contributed by atoms with Crippen molar-refractivity contribution in [2.75, 3.05) is 13.1 Å². The predicted octanol–water partition coefficient (Wildman–Crippen LogP) is 11.1. The van der Waals surface area contributed by atoms with Crippen molar-refractivity contribution in [3.8, 4) is 16.9 Å². The minimum Gasteiger partial charge on any atom is -0.354 e. The first kappa shape index (κ1) is 40.3. The lowest BCUT2D eigenvalue weighted by Crippen LogP contribution is -2.35. The molecule has 2 N–H and O–H groups in total. The molecule has 0 aliphatic carbocycles. The first-order chi connectivity index (χ1) is 24.3. The number of nitrogens with zero attached hydrogens (tertiary/aromatic N) is 2. The summed E-state index contributed by atoms with van der Waals surface area (Å²) in [5.74, 6) is -0.421. The maximum absolute atomic E-state index is 13.2. The second-order valence-electron chi connectivity index (χ2n) is 11.4. The molecule has 0 saturated heterocycles. The smallest absolute Gasteiger partial charge is 0.272 e. The molecule has 0 radical (unpaired) electrons. The lowest BCUT2D eigenvalue weighted by atomic mass is 10.1. The number of allylic oxidation sites excluding steroid dienone is 12. The number of benzene rings is 2. The molecule has 2 amide bonds. The molecule has 3 aromatic rings. The SMILES string of the molecule is CC/C=C/C/C=C/C/C=C\C/C=C/C/C=C/C/C=C/CCC(=O)NCCNC(=O)c1nn(-c2ccc(Cl)cc2Cl)c(-c2ccc(Cl)cc2)c1C. The van der Waals surface area contributed by atoms with E-state index in [1.165, 1.54) is 0 Å². The van der Waals surface area contributed by atoms with Gasteiger partial charge in [0.05, 0.1) is 16.4 Å². The fourth-order valence-electron chi connectivity index (χ4n) is 4.89. The van der Waals surface area contributed by atoms with E-state index in [-0.39, 0.29) is 24.1 Å². The second kappa shape index (κ2) is 23.3. The molecule has 0 atom stereocenters. The summed E-state index contributed by atoms with van der Waals surface area (Å²) in [6, 6.07) is 12.4. The van der Waals surface area contributed by atoms with Crippen molar-refractivity contribution >= 4 is 46.6 Å². The number of rotatable bonds is 20. The molecule has 3 rings (SSSR count). The Balaban J connectivity index is 1.35. The molecule has 0 saturated carbocycles. The lowest BCUT2D eigenvalue weighted by molar-refractivity contribution is -0.120. The molecule has 264 valence electrons. The maximum Gasteiger partial charge on any atom is 0.272 e. The van der Waals surface area contributed by atoms with Crippen LogP contribution in [0.5, 0.6) is 0 Å². The fourth-order valence-corrected chi connectivity index (χ4v) is 5.50. The number of carbonyl (C=O) groups excluding carboxylic acids is 2. The molecule has 2 aromatic carbocycles. The molecule has 0 spiro atoms. The van der Waals surface area contributed by atoms with Gasteiger partial charge in [-0.1, -0.05) is 127 Å². The number of aromatic nitrogens is 2. The van der Waals surface area contributed by atoms with Crippen LogP contribution in [0.3, 0.4) is 0 Å². The number of carbonyl (C=O) groups is 2. The van der Waals surface area contributed by atoms with E-state index < -0.39 is 0 Å². The number of halogens is 3. The lowest BCUT2D eigenvalue weighted by Gasteiger charge is -2.11. The Bertz CT molecular complexity index is 1700. The van der Waals surface area contributed by atoms with Crippen LogP contribution in [0.15, 0.2) is 115 Å². The molecule has 50 heavy (non-hydrogen) atoms. The van der Waals surface area contributed by atoms with Crippen LogP contribution in [0.1, 0.15) is 74.3 Å². The standard InChI is InChI=1S/C41H47Cl3N4O2/c1-3-4-5-6-7-8-9-10-11-12-13-14-15-16-17-18-19-20-21-22-38(49)45-29-30-46-41(50)39-32(2)40(33-23-25-34(42)26-24-33)48(47-39)37-28-27-35(43)31-36(37)44/h4-5,7-8,10-11,13-14,16-17,19-20,23-28,31H,3,6,9,12,15,18,21-22,29-30H2,1-2H3,(H,45,49)(H,46,50)/b5-4+,8-7+,11-10-,14-13+,17-16+,20-19+. The van der Waals surface area contributed by atoms with E-state index in [0.717, 1.165) is 44.1 Å².